The molecule has 0 N–H and O–H groups in total. The van der Waals surface area contributed by atoms with Gasteiger partial charge in [0.05, 0.1) is 0 Å². The van der Waals surface area contributed by atoms with Gasteiger partial charge in [-0.2, -0.15) is 0 Å². The van der Waals surface area contributed by atoms with Crippen molar-refractivity contribution in [3.8, 4) is 0 Å². The minimum Gasteiger partial charge on any atom is -0.370 e. The summed E-state index contributed by atoms with van der Waals surface area (Å²) in [6.07, 6.45) is 2.12. The molecule has 1 unspecified atom stereocenters. The molecule has 0 saturated carbocycles. The lowest BCUT2D eigenvalue weighted by atomic mass is 10.1. The third kappa shape index (κ3) is 4.44. The van der Waals surface area contributed by atoms with Crippen LogP contribution < -0.4 is 0 Å². The number of imide groups is 1. The summed E-state index contributed by atoms with van der Waals surface area (Å²) < 4.78 is 5.12. The number of ether oxygens (including phenoxy) is 1. The van der Waals surface area contributed by atoms with Crippen molar-refractivity contribution in [1.82, 2.24) is 5.06 Å². The molecule has 2 amide bonds. The van der Waals surface area contributed by atoms with Gasteiger partial charge in [-0.25, -0.2) is 4.79 Å². The molecule has 18 heavy (non-hydrogen) atoms. The fourth-order valence-corrected chi connectivity index (χ4v) is 1.43. The molecular formula is C12H19NO5. The van der Waals surface area contributed by atoms with Crippen LogP contribution in [0.15, 0.2) is 0 Å². The molecule has 0 bridgehead atoms. The van der Waals surface area contributed by atoms with E-state index in [4.69, 9.17) is 4.74 Å². The second-order valence-corrected chi connectivity index (χ2v) is 4.40. The zero-order valence-corrected chi connectivity index (χ0v) is 10.8. The first-order valence-electron chi connectivity index (χ1n) is 6.19. The van der Waals surface area contributed by atoms with Crippen molar-refractivity contribution in [2.24, 2.45) is 5.92 Å². The Hall–Kier alpha value is -1.43. The highest BCUT2D eigenvalue weighted by Gasteiger charge is 2.32. The quantitative estimate of drug-likeness (QED) is 0.503. The van der Waals surface area contributed by atoms with E-state index >= 15 is 0 Å². The molecule has 0 aromatic heterocycles. The van der Waals surface area contributed by atoms with E-state index in [-0.39, 0.29) is 19.4 Å². The summed E-state index contributed by atoms with van der Waals surface area (Å²) in [5, 5.41) is 0.528. The van der Waals surface area contributed by atoms with E-state index in [2.05, 4.69) is 18.7 Å². The minimum absolute atomic E-state index is 0.0982. The number of rotatable bonds is 7. The molecule has 1 saturated heterocycles. The highest BCUT2D eigenvalue weighted by atomic mass is 16.7. The molecule has 0 spiro atoms. The molecule has 0 aromatic carbocycles. The lowest BCUT2D eigenvalue weighted by Gasteiger charge is -2.13. The lowest BCUT2D eigenvalue weighted by molar-refractivity contribution is -0.200. The zero-order chi connectivity index (χ0) is 13.5. The molecule has 1 aliphatic rings. The van der Waals surface area contributed by atoms with Crippen molar-refractivity contribution < 1.29 is 24.0 Å². The summed E-state index contributed by atoms with van der Waals surface area (Å²) in [6, 6.07) is 0. The number of carbonyl (C=O) groups is 3. The Labute approximate surface area is 106 Å². The van der Waals surface area contributed by atoms with Crippen LogP contribution in [0.3, 0.4) is 0 Å². The van der Waals surface area contributed by atoms with Gasteiger partial charge in [0.1, 0.15) is 6.61 Å². The van der Waals surface area contributed by atoms with E-state index in [9.17, 15) is 14.4 Å². The van der Waals surface area contributed by atoms with E-state index < -0.39 is 17.8 Å². The Morgan fingerprint density at radius 3 is 2.50 bits per heavy atom. The topological polar surface area (TPSA) is 72.9 Å². The highest BCUT2D eigenvalue weighted by Crippen LogP contribution is 2.12. The summed E-state index contributed by atoms with van der Waals surface area (Å²) in [5.41, 5.74) is 0. The fraction of sp³-hybridized carbons (Fsp3) is 0.750. The third-order valence-corrected chi connectivity index (χ3v) is 2.87. The van der Waals surface area contributed by atoms with Crippen LogP contribution in [0.1, 0.15) is 39.5 Å². The molecule has 1 aliphatic heterocycles. The van der Waals surface area contributed by atoms with Gasteiger partial charge < -0.3 is 9.57 Å². The number of nitrogens with zero attached hydrogens (tertiary/aromatic N) is 1. The van der Waals surface area contributed by atoms with Crippen molar-refractivity contribution in [2.45, 2.75) is 39.5 Å². The third-order valence-electron chi connectivity index (χ3n) is 2.87. The van der Waals surface area contributed by atoms with E-state index in [0.29, 0.717) is 17.6 Å². The predicted molar refractivity (Wildman–Crippen MR) is 62.1 cm³/mol. The minimum atomic E-state index is -0.720. The zero-order valence-electron chi connectivity index (χ0n) is 10.8. The molecule has 0 aliphatic carbocycles. The molecule has 0 aromatic rings. The summed E-state index contributed by atoms with van der Waals surface area (Å²) in [7, 11) is 0. The maximum Gasteiger partial charge on any atom is 0.358 e. The van der Waals surface area contributed by atoms with Gasteiger partial charge in [-0.3, -0.25) is 9.59 Å². The first kappa shape index (κ1) is 14.6. The highest BCUT2D eigenvalue weighted by molar-refractivity contribution is 6.01. The van der Waals surface area contributed by atoms with Crippen molar-refractivity contribution in [2.75, 3.05) is 13.2 Å². The maximum absolute atomic E-state index is 11.3. The largest absolute Gasteiger partial charge is 0.370 e. The molecular weight excluding hydrogens is 238 g/mol. The van der Waals surface area contributed by atoms with Crippen LogP contribution in [0.5, 0.6) is 0 Å². The molecule has 1 rings (SSSR count). The average molecular weight is 257 g/mol. The number of hydrogen-bond donors (Lipinski definition) is 0. The van der Waals surface area contributed by atoms with Crippen molar-refractivity contribution >= 4 is 17.8 Å². The Bertz CT molecular complexity index is 312. The van der Waals surface area contributed by atoms with Gasteiger partial charge >= 0.3 is 5.97 Å². The smallest absolute Gasteiger partial charge is 0.358 e. The van der Waals surface area contributed by atoms with Gasteiger partial charge in [0.25, 0.3) is 11.8 Å². The molecule has 6 heteroatoms. The van der Waals surface area contributed by atoms with Crippen molar-refractivity contribution in [3.05, 3.63) is 0 Å². The maximum atomic E-state index is 11.3. The van der Waals surface area contributed by atoms with Crippen molar-refractivity contribution in [3.63, 3.8) is 0 Å². The van der Waals surface area contributed by atoms with E-state index in [1.807, 2.05) is 0 Å². The second-order valence-electron chi connectivity index (χ2n) is 4.40. The van der Waals surface area contributed by atoms with Gasteiger partial charge in [0, 0.05) is 19.4 Å². The molecule has 1 atom stereocenters. The van der Waals surface area contributed by atoms with Gasteiger partial charge in [0.15, 0.2) is 0 Å². The van der Waals surface area contributed by atoms with Crippen LogP contribution in [-0.2, 0) is 24.0 Å². The number of hydroxylamine groups is 2. The molecule has 0 radical (unpaired) electrons. The number of amides is 2. The van der Waals surface area contributed by atoms with Crippen LogP contribution >= 0.6 is 0 Å². The van der Waals surface area contributed by atoms with Gasteiger partial charge in [-0.05, 0) is 12.3 Å². The van der Waals surface area contributed by atoms with Gasteiger partial charge in [-0.15, -0.1) is 5.06 Å². The van der Waals surface area contributed by atoms with Crippen LogP contribution in [0.2, 0.25) is 0 Å². The van der Waals surface area contributed by atoms with Crippen LogP contribution in [0.4, 0.5) is 0 Å². The Balaban J connectivity index is 2.18. The molecule has 102 valence electrons. The first-order chi connectivity index (χ1) is 8.54. The normalized spacial score (nSPS) is 17.1. The predicted octanol–water partition coefficient (Wildman–Crippen LogP) is 1.05. The monoisotopic (exact) mass is 257 g/mol. The van der Waals surface area contributed by atoms with Crippen molar-refractivity contribution in [1.29, 1.82) is 0 Å². The van der Waals surface area contributed by atoms with Crippen LogP contribution in [-0.4, -0.2) is 36.1 Å². The van der Waals surface area contributed by atoms with Gasteiger partial charge in [0.2, 0.25) is 0 Å². The molecule has 1 heterocycles. The summed E-state index contributed by atoms with van der Waals surface area (Å²) in [5.74, 6) is -1.13. The van der Waals surface area contributed by atoms with Gasteiger partial charge in [-0.1, -0.05) is 20.3 Å². The summed E-state index contributed by atoms with van der Waals surface area (Å²) >= 11 is 0. The van der Waals surface area contributed by atoms with Crippen LogP contribution in [0.25, 0.3) is 0 Å². The first-order valence-corrected chi connectivity index (χ1v) is 6.19. The summed E-state index contributed by atoms with van der Waals surface area (Å²) in [4.78, 5) is 38.3. The second kappa shape index (κ2) is 7.10. The SMILES string of the molecule is CCC(C)CCOCC(=O)ON1C(=O)CCC1=O. The summed E-state index contributed by atoms with van der Waals surface area (Å²) in [6.45, 7) is 4.41. The standard InChI is InChI=1S/C12H19NO5/c1-3-9(2)6-7-17-8-12(16)18-13-10(14)4-5-11(13)15/h9H,3-8H2,1-2H3. The lowest BCUT2D eigenvalue weighted by Crippen LogP contribution is -2.33. The number of hydrogen-bond acceptors (Lipinski definition) is 5. The van der Waals surface area contributed by atoms with E-state index in [0.717, 1.165) is 12.8 Å². The Morgan fingerprint density at radius 2 is 1.94 bits per heavy atom. The van der Waals surface area contributed by atoms with E-state index in [1.54, 1.807) is 0 Å². The number of carbonyl (C=O) groups excluding carboxylic acids is 3. The molecule has 1 fully saturated rings. The van der Waals surface area contributed by atoms with Crippen LogP contribution in [0, 0.1) is 5.92 Å². The Kier molecular flexibility index (Phi) is 5.77. The molecule has 6 nitrogen and oxygen atoms in total. The Morgan fingerprint density at radius 1 is 1.33 bits per heavy atom. The van der Waals surface area contributed by atoms with E-state index in [1.165, 1.54) is 0 Å². The average Bonchev–Trinajstić information content (AvgIpc) is 2.66. The fourth-order valence-electron chi connectivity index (χ4n) is 1.43.